The molecule has 1 aliphatic rings. The van der Waals surface area contributed by atoms with Gasteiger partial charge in [-0.1, -0.05) is 12.1 Å². The van der Waals surface area contributed by atoms with Crippen LogP contribution in [-0.4, -0.2) is 47.0 Å². The van der Waals surface area contributed by atoms with E-state index < -0.39 is 0 Å². The molecule has 17 heavy (non-hydrogen) atoms. The van der Waals surface area contributed by atoms with Crippen LogP contribution in [0.25, 0.3) is 11.0 Å². The van der Waals surface area contributed by atoms with Gasteiger partial charge in [-0.2, -0.15) is 0 Å². The van der Waals surface area contributed by atoms with Crippen molar-refractivity contribution in [3.8, 4) is 0 Å². The minimum atomic E-state index is -0.0114. The molecule has 0 radical (unpaired) electrons. The molecule has 1 aromatic heterocycles. The van der Waals surface area contributed by atoms with Gasteiger partial charge in [0.25, 0.3) is 5.91 Å². The summed E-state index contributed by atoms with van der Waals surface area (Å²) >= 11 is 0. The largest absolute Gasteiger partial charge is 0.334 e. The Hall–Kier alpha value is -1.88. The Morgan fingerprint density at radius 1 is 1.24 bits per heavy atom. The number of nitrogens with zero attached hydrogens (tertiary/aromatic N) is 2. The van der Waals surface area contributed by atoms with Gasteiger partial charge in [0.15, 0.2) is 5.82 Å². The fourth-order valence-electron chi connectivity index (χ4n) is 2.07. The van der Waals surface area contributed by atoms with Crippen molar-refractivity contribution in [3.63, 3.8) is 0 Å². The Labute approximate surface area is 98.8 Å². The van der Waals surface area contributed by atoms with Gasteiger partial charge in [0.05, 0.1) is 11.0 Å². The number of hydrogen-bond acceptors (Lipinski definition) is 3. The lowest BCUT2D eigenvalue weighted by Gasteiger charge is -2.26. The summed E-state index contributed by atoms with van der Waals surface area (Å²) in [5, 5.41) is 3.22. The average molecular weight is 230 g/mol. The van der Waals surface area contributed by atoms with E-state index in [1.165, 1.54) is 0 Å². The van der Waals surface area contributed by atoms with Gasteiger partial charge in [-0.25, -0.2) is 4.98 Å². The highest BCUT2D eigenvalue weighted by molar-refractivity contribution is 5.94. The van der Waals surface area contributed by atoms with Crippen molar-refractivity contribution in [3.05, 3.63) is 30.1 Å². The molecule has 0 saturated carbocycles. The molecular weight excluding hydrogens is 216 g/mol. The second-order valence-electron chi connectivity index (χ2n) is 4.14. The van der Waals surface area contributed by atoms with Crippen molar-refractivity contribution in [1.29, 1.82) is 0 Å². The van der Waals surface area contributed by atoms with Crippen LogP contribution in [0.15, 0.2) is 24.3 Å². The molecule has 2 N–H and O–H groups in total. The first-order valence-corrected chi connectivity index (χ1v) is 5.79. The van der Waals surface area contributed by atoms with Gasteiger partial charge < -0.3 is 15.2 Å². The van der Waals surface area contributed by atoms with Crippen molar-refractivity contribution < 1.29 is 4.79 Å². The zero-order chi connectivity index (χ0) is 11.7. The molecule has 2 heterocycles. The predicted octanol–water partition coefficient (Wildman–Crippen LogP) is 0.608. The Balaban J connectivity index is 1.89. The number of imidazole rings is 1. The number of carbonyl (C=O) groups excluding carboxylic acids is 1. The summed E-state index contributed by atoms with van der Waals surface area (Å²) in [6, 6.07) is 7.68. The minimum Gasteiger partial charge on any atom is -0.334 e. The summed E-state index contributed by atoms with van der Waals surface area (Å²) in [7, 11) is 0. The molecular formula is C12H14N4O. The van der Waals surface area contributed by atoms with Crippen LogP contribution >= 0.6 is 0 Å². The number of H-pyrrole nitrogens is 1. The first-order chi connectivity index (χ1) is 8.34. The minimum absolute atomic E-state index is 0.0114. The molecule has 0 spiro atoms. The number of piperazine rings is 1. The van der Waals surface area contributed by atoms with E-state index >= 15 is 0 Å². The van der Waals surface area contributed by atoms with Gasteiger partial charge in [0, 0.05) is 26.2 Å². The predicted molar refractivity (Wildman–Crippen MR) is 64.9 cm³/mol. The van der Waals surface area contributed by atoms with E-state index in [-0.39, 0.29) is 5.91 Å². The molecule has 2 aromatic rings. The molecule has 0 unspecified atom stereocenters. The maximum Gasteiger partial charge on any atom is 0.289 e. The van der Waals surface area contributed by atoms with Crippen LogP contribution in [0, 0.1) is 0 Å². The zero-order valence-corrected chi connectivity index (χ0v) is 9.44. The maximum absolute atomic E-state index is 12.2. The zero-order valence-electron chi connectivity index (χ0n) is 9.44. The highest BCUT2D eigenvalue weighted by Gasteiger charge is 2.20. The van der Waals surface area contributed by atoms with E-state index in [1.54, 1.807) is 0 Å². The number of nitrogens with one attached hydrogen (secondary N) is 2. The van der Waals surface area contributed by atoms with E-state index in [0.29, 0.717) is 5.82 Å². The molecule has 1 amide bonds. The van der Waals surface area contributed by atoms with E-state index in [2.05, 4.69) is 15.3 Å². The van der Waals surface area contributed by atoms with Crippen LogP contribution < -0.4 is 5.32 Å². The van der Waals surface area contributed by atoms with Gasteiger partial charge in [-0.3, -0.25) is 4.79 Å². The van der Waals surface area contributed by atoms with E-state index in [1.807, 2.05) is 29.2 Å². The summed E-state index contributed by atoms with van der Waals surface area (Å²) in [5.74, 6) is 0.427. The van der Waals surface area contributed by atoms with Crippen LogP contribution in [-0.2, 0) is 0 Å². The number of amides is 1. The Morgan fingerprint density at radius 2 is 2.00 bits per heavy atom. The summed E-state index contributed by atoms with van der Waals surface area (Å²) in [5.41, 5.74) is 1.75. The first kappa shape index (κ1) is 10.3. The van der Waals surface area contributed by atoms with Crippen LogP contribution in [0.4, 0.5) is 0 Å². The van der Waals surface area contributed by atoms with E-state index in [9.17, 15) is 4.79 Å². The highest BCUT2D eigenvalue weighted by Crippen LogP contribution is 2.11. The molecule has 5 heteroatoms. The Morgan fingerprint density at radius 3 is 2.76 bits per heavy atom. The lowest BCUT2D eigenvalue weighted by Crippen LogP contribution is -2.46. The SMILES string of the molecule is O=C(c1nc2ccccc2[nH]1)N1CCNCC1. The normalized spacial score (nSPS) is 16.4. The molecule has 1 aromatic carbocycles. The van der Waals surface area contributed by atoms with Crippen molar-refractivity contribution in [2.24, 2.45) is 0 Å². The monoisotopic (exact) mass is 230 g/mol. The number of hydrogen-bond donors (Lipinski definition) is 2. The molecule has 1 aliphatic heterocycles. The van der Waals surface area contributed by atoms with Crippen LogP contribution in [0.3, 0.4) is 0 Å². The van der Waals surface area contributed by atoms with Crippen LogP contribution in [0.2, 0.25) is 0 Å². The molecule has 3 rings (SSSR count). The third-order valence-electron chi connectivity index (χ3n) is 3.00. The number of aromatic amines is 1. The lowest BCUT2D eigenvalue weighted by atomic mass is 10.3. The Kier molecular flexibility index (Phi) is 2.53. The molecule has 5 nitrogen and oxygen atoms in total. The smallest absolute Gasteiger partial charge is 0.289 e. The van der Waals surface area contributed by atoms with Crippen molar-refractivity contribution in [1.82, 2.24) is 20.2 Å². The quantitative estimate of drug-likeness (QED) is 0.754. The molecule has 0 aliphatic carbocycles. The second-order valence-corrected chi connectivity index (χ2v) is 4.14. The first-order valence-electron chi connectivity index (χ1n) is 5.79. The third-order valence-corrected chi connectivity index (χ3v) is 3.00. The number of carbonyl (C=O) groups is 1. The number of aromatic nitrogens is 2. The fraction of sp³-hybridized carbons (Fsp3) is 0.333. The Bertz CT molecular complexity index is 509. The summed E-state index contributed by atoms with van der Waals surface area (Å²) in [6.45, 7) is 3.20. The molecule has 88 valence electrons. The topological polar surface area (TPSA) is 61.0 Å². The number of rotatable bonds is 1. The summed E-state index contributed by atoms with van der Waals surface area (Å²) < 4.78 is 0. The van der Waals surface area contributed by atoms with Gasteiger partial charge in [0.1, 0.15) is 0 Å². The molecule has 1 fully saturated rings. The van der Waals surface area contributed by atoms with Crippen molar-refractivity contribution in [2.75, 3.05) is 26.2 Å². The highest BCUT2D eigenvalue weighted by atomic mass is 16.2. The summed E-state index contributed by atoms with van der Waals surface area (Å²) in [6.07, 6.45) is 0. The number of para-hydroxylation sites is 2. The molecule has 0 bridgehead atoms. The number of fused-ring (bicyclic) bond motifs is 1. The molecule has 0 atom stereocenters. The standard InChI is InChI=1S/C12H14N4O/c17-12(16-7-5-13-6-8-16)11-14-9-3-1-2-4-10(9)15-11/h1-4,13H,5-8H2,(H,14,15). The fourth-order valence-corrected chi connectivity index (χ4v) is 2.07. The number of benzene rings is 1. The van der Waals surface area contributed by atoms with Gasteiger partial charge in [-0.15, -0.1) is 0 Å². The maximum atomic E-state index is 12.2. The van der Waals surface area contributed by atoms with Gasteiger partial charge in [0.2, 0.25) is 0 Å². The van der Waals surface area contributed by atoms with Crippen LogP contribution in [0.1, 0.15) is 10.6 Å². The average Bonchev–Trinajstić information content (AvgIpc) is 2.82. The second kappa shape index (κ2) is 4.18. The third kappa shape index (κ3) is 1.89. The molecule has 1 saturated heterocycles. The van der Waals surface area contributed by atoms with Crippen LogP contribution in [0.5, 0.6) is 0 Å². The van der Waals surface area contributed by atoms with Gasteiger partial charge >= 0.3 is 0 Å². The van der Waals surface area contributed by atoms with E-state index in [0.717, 1.165) is 37.2 Å². The summed E-state index contributed by atoms with van der Waals surface area (Å²) in [4.78, 5) is 21.4. The lowest BCUT2D eigenvalue weighted by molar-refractivity contribution is 0.0725. The van der Waals surface area contributed by atoms with Crippen molar-refractivity contribution in [2.45, 2.75) is 0 Å². The van der Waals surface area contributed by atoms with Crippen molar-refractivity contribution >= 4 is 16.9 Å². The van der Waals surface area contributed by atoms with Gasteiger partial charge in [-0.05, 0) is 12.1 Å². The van der Waals surface area contributed by atoms with E-state index in [4.69, 9.17) is 0 Å².